The van der Waals surface area contributed by atoms with Crippen molar-refractivity contribution < 1.29 is 17.9 Å². The van der Waals surface area contributed by atoms with Crippen LogP contribution in [0.3, 0.4) is 0 Å². The highest BCUT2D eigenvalue weighted by Gasteiger charge is 2.22. The van der Waals surface area contributed by atoms with Crippen LogP contribution in [0.25, 0.3) is 0 Å². The number of carbonyl (C=O) groups is 1. The quantitative estimate of drug-likeness (QED) is 0.825. The van der Waals surface area contributed by atoms with E-state index < -0.39 is 15.0 Å². The zero-order valence-corrected chi connectivity index (χ0v) is 13.8. The van der Waals surface area contributed by atoms with Crippen LogP contribution in [-0.4, -0.2) is 34.1 Å². The predicted molar refractivity (Wildman–Crippen MR) is 80.8 cm³/mol. The molecular weight excluding hydrogens is 361 g/mol. The second-order valence-electron chi connectivity index (χ2n) is 4.65. The topological polar surface area (TPSA) is 72.5 Å². The molecule has 1 aromatic carbocycles. The summed E-state index contributed by atoms with van der Waals surface area (Å²) in [6.45, 7) is 1.73. The summed E-state index contributed by atoms with van der Waals surface area (Å²) < 4.78 is 28.1. The number of hydrogen-bond acceptors (Lipinski definition) is 4. The van der Waals surface area contributed by atoms with Crippen molar-refractivity contribution in [2.24, 2.45) is 5.92 Å². The van der Waals surface area contributed by atoms with Crippen LogP contribution < -0.4 is 5.32 Å². The van der Waals surface area contributed by atoms with Gasteiger partial charge in [-0.2, -0.15) is 0 Å². The molecule has 1 fully saturated rings. The maximum atomic E-state index is 12.1. The van der Waals surface area contributed by atoms with Gasteiger partial charge >= 0.3 is 0 Å². The van der Waals surface area contributed by atoms with Gasteiger partial charge in [0.1, 0.15) is 4.90 Å². The molecule has 1 aliphatic heterocycles. The summed E-state index contributed by atoms with van der Waals surface area (Å²) in [4.78, 5) is 11.7. The van der Waals surface area contributed by atoms with Gasteiger partial charge in [0, 0.05) is 35.3 Å². The van der Waals surface area contributed by atoms with Gasteiger partial charge in [0.15, 0.2) is 0 Å². The van der Waals surface area contributed by atoms with Gasteiger partial charge < -0.3 is 10.1 Å². The van der Waals surface area contributed by atoms with Crippen molar-refractivity contribution in [2.45, 2.75) is 11.3 Å². The van der Waals surface area contributed by atoms with Gasteiger partial charge in [0.05, 0.1) is 16.7 Å². The Kier molecular flexibility index (Phi) is 5.38. The molecule has 1 aromatic rings. The summed E-state index contributed by atoms with van der Waals surface area (Å²) in [5, 5.41) is 2.46. The molecule has 1 heterocycles. The molecule has 0 spiro atoms. The average Bonchev–Trinajstić information content (AvgIpc) is 2.90. The maximum absolute atomic E-state index is 12.1. The Labute approximate surface area is 136 Å². The molecule has 1 amide bonds. The van der Waals surface area contributed by atoms with E-state index in [1.165, 1.54) is 6.07 Å². The van der Waals surface area contributed by atoms with Gasteiger partial charge in [0.2, 0.25) is 0 Å². The molecule has 0 saturated carbocycles. The average molecular weight is 373 g/mol. The second kappa shape index (κ2) is 6.71. The summed E-state index contributed by atoms with van der Waals surface area (Å²) >= 11 is 11.6. The monoisotopic (exact) mass is 371 g/mol. The molecule has 1 N–H and O–H groups in total. The van der Waals surface area contributed by atoms with Crippen molar-refractivity contribution in [1.29, 1.82) is 0 Å². The lowest BCUT2D eigenvalue weighted by Gasteiger charge is -2.11. The maximum Gasteiger partial charge on any atom is 0.262 e. The summed E-state index contributed by atoms with van der Waals surface area (Å²) in [6.07, 6.45) is 0.878. The Morgan fingerprint density at radius 1 is 1.38 bits per heavy atom. The molecule has 1 atom stereocenters. The van der Waals surface area contributed by atoms with Gasteiger partial charge in [-0.3, -0.25) is 4.79 Å². The SMILES string of the molecule is O=C(NCC1CCOC1)c1cc(Cl)c(Cl)c(S(=O)(=O)Cl)c1. The first-order valence-corrected chi connectivity index (χ1v) is 9.15. The number of amides is 1. The molecule has 21 heavy (non-hydrogen) atoms. The highest BCUT2D eigenvalue weighted by molar-refractivity contribution is 8.13. The first-order valence-electron chi connectivity index (χ1n) is 6.08. The third kappa shape index (κ3) is 4.23. The van der Waals surface area contributed by atoms with Crippen LogP contribution in [0.5, 0.6) is 0 Å². The minimum Gasteiger partial charge on any atom is -0.381 e. The summed E-state index contributed by atoms with van der Waals surface area (Å²) in [5.74, 6) is -0.185. The zero-order valence-electron chi connectivity index (χ0n) is 10.7. The van der Waals surface area contributed by atoms with Crippen LogP contribution in [0, 0.1) is 5.92 Å². The van der Waals surface area contributed by atoms with E-state index in [-0.39, 0.29) is 26.4 Å². The van der Waals surface area contributed by atoms with Crippen molar-refractivity contribution in [1.82, 2.24) is 5.32 Å². The molecule has 116 valence electrons. The molecule has 0 radical (unpaired) electrons. The van der Waals surface area contributed by atoms with Crippen molar-refractivity contribution in [2.75, 3.05) is 19.8 Å². The molecule has 1 saturated heterocycles. The molecular formula is C12H12Cl3NO4S. The Hall–Kier alpha value is -0.530. The van der Waals surface area contributed by atoms with Gasteiger partial charge in [-0.25, -0.2) is 8.42 Å². The fourth-order valence-corrected chi connectivity index (χ4v) is 3.72. The van der Waals surface area contributed by atoms with Crippen LogP contribution in [0.15, 0.2) is 17.0 Å². The minimum absolute atomic E-state index is 0.0484. The van der Waals surface area contributed by atoms with E-state index in [4.69, 9.17) is 38.6 Å². The molecule has 2 rings (SSSR count). The number of nitrogens with one attached hydrogen (secondary N) is 1. The number of benzene rings is 1. The Balaban J connectivity index is 2.19. The van der Waals surface area contributed by atoms with Crippen molar-refractivity contribution >= 4 is 48.8 Å². The fourth-order valence-electron chi connectivity index (χ4n) is 1.96. The van der Waals surface area contributed by atoms with Crippen LogP contribution >= 0.6 is 33.9 Å². The molecule has 1 unspecified atom stereocenters. The highest BCUT2D eigenvalue weighted by Crippen LogP contribution is 2.32. The normalized spacial score (nSPS) is 18.7. The highest BCUT2D eigenvalue weighted by atomic mass is 35.7. The predicted octanol–water partition coefficient (Wildman–Crippen LogP) is 2.69. The third-order valence-corrected chi connectivity index (χ3v) is 5.36. The van der Waals surface area contributed by atoms with Crippen molar-refractivity contribution in [3.63, 3.8) is 0 Å². The Morgan fingerprint density at radius 2 is 2.10 bits per heavy atom. The molecule has 0 bridgehead atoms. The number of carbonyl (C=O) groups excluding carboxylic acids is 1. The largest absolute Gasteiger partial charge is 0.381 e. The standard InChI is InChI=1S/C12H12Cl3NO4S/c13-9-3-8(4-10(11(9)14)21(15,18)19)12(17)16-5-7-1-2-20-6-7/h3-4,7H,1-2,5-6H2,(H,16,17). The number of ether oxygens (including phenoxy) is 1. The lowest BCUT2D eigenvalue weighted by molar-refractivity contribution is 0.0945. The van der Waals surface area contributed by atoms with Crippen LogP contribution in [0.4, 0.5) is 0 Å². The van der Waals surface area contributed by atoms with E-state index in [2.05, 4.69) is 5.32 Å². The number of hydrogen-bond donors (Lipinski definition) is 1. The van der Waals surface area contributed by atoms with Crippen LogP contribution in [0.1, 0.15) is 16.8 Å². The van der Waals surface area contributed by atoms with Gasteiger partial charge in [-0.15, -0.1) is 0 Å². The molecule has 0 aromatic heterocycles. The van der Waals surface area contributed by atoms with Crippen LogP contribution in [0.2, 0.25) is 10.0 Å². The summed E-state index contributed by atoms with van der Waals surface area (Å²) in [6, 6.07) is 2.41. The summed E-state index contributed by atoms with van der Waals surface area (Å²) in [5.41, 5.74) is 0.0857. The molecule has 5 nitrogen and oxygen atoms in total. The van der Waals surface area contributed by atoms with E-state index in [9.17, 15) is 13.2 Å². The lowest BCUT2D eigenvalue weighted by atomic mass is 10.1. The first-order chi connectivity index (χ1) is 9.79. The second-order valence-corrected chi connectivity index (χ2v) is 7.97. The minimum atomic E-state index is -4.09. The van der Waals surface area contributed by atoms with Gasteiger partial charge in [-0.1, -0.05) is 23.2 Å². The van der Waals surface area contributed by atoms with E-state index in [0.29, 0.717) is 19.8 Å². The van der Waals surface area contributed by atoms with Gasteiger partial charge in [0.25, 0.3) is 15.0 Å². The molecule has 9 heteroatoms. The third-order valence-electron chi connectivity index (χ3n) is 3.09. The fraction of sp³-hybridized carbons (Fsp3) is 0.417. The van der Waals surface area contributed by atoms with Crippen molar-refractivity contribution in [3.05, 3.63) is 27.7 Å². The van der Waals surface area contributed by atoms with E-state index in [1.807, 2.05) is 0 Å². The Morgan fingerprint density at radius 3 is 2.67 bits per heavy atom. The van der Waals surface area contributed by atoms with E-state index in [0.717, 1.165) is 12.5 Å². The lowest BCUT2D eigenvalue weighted by Crippen LogP contribution is -2.29. The van der Waals surface area contributed by atoms with E-state index in [1.54, 1.807) is 0 Å². The van der Waals surface area contributed by atoms with Crippen molar-refractivity contribution in [3.8, 4) is 0 Å². The zero-order chi connectivity index (χ0) is 15.6. The van der Waals surface area contributed by atoms with Crippen LogP contribution in [-0.2, 0) is 13.8 Å². The number of rotatable bonds is 4. The molecule has 0 aliphatic carbocycles. The van der Waals surface area contributed by atoms with Gasteiger partial charge in [-0.05, 0) is 18.6 Å². The summed E-state index contributed by atoms with van der Waals surface area (Å²) in [7, 11) is 1.19. The first kappa shape index (κ1) is 16.8. The Bertz CT molecular complexity index is 657. The van der Waals surface area contributed by atoms with E-state index >= 15 is 0 Å². The number of halogens is 3. The molecule has 1 aliphatic rings. The smallest absolute Gasteiger partial charge is 0.262 e.